The summed E-state index contributed by atoms with van der Waals surface area (Å²) in [7, 11) is 0. The number of nitrogens with one attached hydrogen (secondary N) is 2. The van der Waals surface area contributed by atoms with E-state index in [2.05, 4.69) is 15.7 Å². The minimum Gasteiger partial charge on any atom is -0.452 e. The first-order chi connectivity index (χ1) is 16.7. The summed E-state index contributed by atoms with van der Waals surface area (Å²) in [5, 5.41) is 10.8. The van der Waals surface area contributed by atoms with Crippen molar-refractivity contribution in [2.24, 2.45) is 0 Å². The number of ether oxygens (including phenoxy) is 1. The molecule has 8 nitrogen and oxygen atoms in total. The van der Waals surface area contributed by atoms with Crippen LogP contribution in [0.15, 0.2) is 42.5 Å². The standard InChI is InChI=1S/C24H21Cl3N4O4/c1-13-21(22(27)31(30-13)11-14-6-7-15(25)10-18(14)26)24(34)35-12-20(32)29-19-5-3-2-4-17(19)23(33)28-16-8-9-16/h2-7,10,16H,8-9,11-12H2,1H3,(H,28,33)(H,29,32). The maximum absolute atomic E-state index is 12.7. The summed E-state index contributed by atoms with van der Waals surface area (Å²) >= 11 is 18.5. The number of para-hydroxylation sites is 1. The van der Waals surface area contributed by atoms with Crippen LogP contribution in [0.25, 0.3) is 0 Å². The largest absolute Gasteiger partial charge is 0.452 e. The highest BCUT2D eigenvalue weighted by molar-refractivity contribution is 6.35. The lowest BCUT2D eigenvalue weighted by atomic mass is 10.1. The minimum atomic E-state index is -0.795. The summed E-state index contributed by atoms with van der Waals surface area (Å²) < 4.78 is 6.58. The van der Waals surface area contributed by atoms with Crippen molar-refractivity contribution < 1.29 is 19.1 Å². The van der Waals surface area contributed by atoms with Crippen molar-refractivity contribution in [3.63, 3.8) is 0 Å². The van der Waals surface area contributed by atoms with E-state index in [0.717, 1.165) is 12.8 Å². The second-order valence-corrected chi connectivity index (χ2v) is 9.26. The number of amides is 2. The smallest absolute Gasteiger partial charge is 0.343 e. The molecular weight excluding hydrogens is 515 g/mol. The Hall–Kier alpha value is -3.07. The summed E-state index contributed by atoms with van der Waals surface area (Å²) in [5.74, 6) is -1.66. The molecule has 1 saturated carbocycles. The van der Waals surface area contributed by atoms with E-state index < -0.39 is 18.5 Å². The van der Waals surface area contributed by atoms with E-state index in [0.29, 0.717) is 32.6 Å². The van der Waals surface area contributed by atoms with Gasteiger partial charge < -0.3 is 15.4 Å². The van der Waals surface area contributed by atoms with Crippen molar-refractivity contribution >= 4 is 58.3 Å². The molecule has 182 valence electrons. The summed E-state index contributed by atoms with van der Waals surface area (Å²) in [6.45, 7) is 1.25. The molecule has 1 aliphatic carbocycles. The fourth-order valence-electron chi connectivity index (χ4n) is 3.37. The van der Waals surface area contributed by atoms with Crippen molar-refractivity contribution in [3.05, 3.63) is 80.0 Å². The van der Waals surface area contributed by atoms with E-state index in [9.17, 15) is 14.4 Å². The summed E-state index contributed by atoms with van der Waals surface area (Å²) in [5.41, 5.74) is 1.76. The van der Waals surface area contributed by atoms with E-state index >= 15 is 0 Å². The highest BCUT2D eigenvalue weighted by atomic mass is 35.5. The van der Waals surface area contributed by atoms with Gasteiger partial charge >= 0.3 is 5.97 Å². The summed E-state index contributed by atoms with van der Waals surface area (Å²) in [4.78, 5) is 37.5. The van der Waals surface area contributed by atoms with Crippen LogP contribution in [0.4, 0.5) is 5.69 Å². The topological polar surface area (TPSA) is 102 Å². The highest BCUT2D eigenvalue weighted by Crippen LogP contribution is 2.26. The first-order valence-electron chi connectivity index (χ1n) is 10.8. The van der Waals surface area contributed by atoms with E-state index in [4.69, 9.17) is 39.5 Å². The molecule has 2 aromatic carbocycles. The van der Waals surface area contributed by atoms with Crippen LogP contribution in [-0.4, -0.2) is 40.2 Å². The van der Waals surface area contributed by atoms with Gasteiger partial charge in [0.15, 0.2) is 6.61 Å². The second kappa shape index (κ2) is 10.7. The molecule has 1 fully saturated rings. The monoisotopic (exact) mass is 534 g/mol. The Labute approximate surface area is 216 Å². The Morgan fingerprint density at radius 3 is 2.57 bits per heavy atom. The molecule has 1 aliphatic rings. The number of carbonyl (C=O) groups is 3. The maximum Gasteiger partial charge on any atom is 0.343 e. The fraction of sp³-hybridized carbons (Fsp3) is 0.250. The van der Waals surface area contributed by atoms with E-state index in [1.165, 1.54) is 4.68 Å². The average molecular weight is 536 g/mol. The Bertz CT molecular complexity index is 1300. The summed E-state index contributed by atoms with van der Waals surface area (Å²) in [6.07, 6.45) is 1.89. The van der Waals surface area contributed by atoms with Crippen LogP contribution < -0.4 is 10.6 Å². The minimum absolute atomic E-state index is 0.0498. The summed E-state index contributed by atoms with van der Waals surface area (Å²) in [6, 6.07) is 11.8. The molecule has 0 unspecified atom stereocenters. The number of aryl methyl sites for hydroxylation is 1. The lowest BCUT2D eigenvalue weighted by Crippen LogP contribution is -2.28. The molecule has 0 aliphatic heterocycles. The van der Waals surface area contributed by atoms with Gasteiger partial charge in [-0.05, 0) is 49.6 Å². The highest BCUT2D eigenvalue weighted by Gasteiger charge is 2.26. The van der Waals surface area contributed by atoms with Crippen molar-refractivity contribution in [3.8, 4) is 0 Å². The van der Waals surface area contributed by atoms with Crippen LogP contribution in [0.3, 0.4) is 0 Å². The Morgan fingerprint density at radius 2 is 1.86 bits per heavy atom. The van der Waals surface area contributed by atoms with Gasteiger partial charge in [0.05, 0.1) is 23.5 Å². The van der Waals surface area contributed by atoms with Gasteiger partial charge in [0.25, 0.3) is 11.8 Å². The van der Waals surface area contributed by atoms with Crippen LogP contribution in [0.5, 0.6) is 0 Å². The third kappa shape index (κ3) is 6.14. The molecular formula is C24H21Cl3N4O4. The number of carbonyl (C=O) groups excluding carboxylic acids is 3. The molecule has 0 saturated heterocycles. The first-order valence-corrected chi connectivity index (χ1v) is 11.9. The van der Waals surface area contributed by atoms with Gasteiger partial charge in [-0.3, -0.25) is 9.59 Å². The van der Waals surface area contributed by atoms with E-state index in [-0.39, 0.29) is 29.2 Å². The van der Waals surface area contributed by atoms with Gasteiger partial charge in [-0.2, -0.15) is 5.10 Å². The first kappa shape index (κ1) is 25.0. The molecule has 1 heterocycles. The molecule has 1 aromatic heterocycles. The zero-order valence-electron chi connectivity index (χ0n) is 18.6. The number of hydrogen-bond acceptors (Lipinski definition) is 5. The van der Waals surface area contributed by atoms with Crippen molar-refractivity contribution in [2.45, 2.75) is 32.4 Å². The molecule has 2 amide bonds. The maximum atomic E-state index is 12.7. The van der Waals surface area contributed by atoms with Crippen LogP contribution >= 0.6 is 34.8 Å². The normalized spacial score (nSPS) is 12.8. The van der Waals surface area contributed by atoms with Gasteiger partial charge in [-0.25, -0.2) is 9.48 Å². The van der Waals surface area contributed by atoms with Crippen LogP contribution in [0.1, 0.15) is 44.8 Å². The SMILES string of the molecule is Cc1nn(Cc2ccc(Cl)cc2Cl)c(Cl)c1C(=O)OCC(=O)Nc1ccccc1C(=O)NC1CC1. The van der Waals surface area contributed by atoms with Crippen molar-refractivity contribution in [1.82, 2.24) is 15.1 Å². The van der Waals surface area contributed by atoms with Crippen LogP contribution in [0, 0.1) is 6.92 Å². The molecule has 11 heteroatoms. The van der Waals surface area contributed by atoms with Crippen LogP contribution in [-0.2, 0) is 16.1 Å². The average Bonchev–Trinajstić information content (AvgIpc) is 3.58. The molecule has 35 heavy (non-hydrogen) atoms. The van der Waals surface area contributed by atoms with Gasteiger partial charge in [0, 0.05) is 16.1 Å². The van der Waals surface area contributed by atoms with Crippen molar-refractivity contribution in [1.29, 1.82) is 0 Å². The Morgan fingerprint density at radius 1 is 1.11 bits per heavy atom. The number of aromatic nitrogens is 2. The van der Waals surface area contributed by atoms with Gasteiger partial charge in [0.1, 0.15) is 10.7 Å². The van der Waals surface area contributed by atoms with Crippen LogP contribution in [0.2, 0.25) is 15.2 Å². The Kier molecular flexibility index (Phi) is 7.64. The lowest BCUT2D eigenvalue weighted by Gasteiger charge is -2.11. The molecule has 0 bridgehead atoms. The molecule has 2 N–H and O–H groups in total. The van der Waals surface area contributed by atoms with E-state index in [1.807, 2.05) is 0 Å². The zero-order chi connectivity index (χ0) is 25.1. The van der Waals surface area contributed by atoms with Gasteiger partial charge in [-0.1, -0.05) is 53.0 Å². The molecule has 0 radical (unpaired) electrons. The Balaban J connectivity index is 1.39. The van der Waals surface area contributed by atoms with Gasteiger partial charge in [0.2, 0.25) is 0 Å². The second-order valence-electron chi connectivity index (χ2n) is 8.06. The van der Waals surface area contributed by atoms with Crippen molar-refractivity contribution in [2.75, 3.05) is 11.9 Å². The quantitative estimate of drug-likeness (QED) is 0.400. The predicted octanol–water partition coefficient (Wildman–Crippen LogP) is 4.89. The number of benzene rings is 2. The number of anilines is 1. The number of rotatable bonds is 8. The number of halogens is 3. The third-order valence-electron chi connectivity index (χ3n) is 5.30. The fourth-order valence-corrected chi connectivity index (χ4v) is 4.15. The molecule has 3 aromatic rings. The predicted molar refractivity (Wildman–Crippen MR) is 133 cm³/mol. The van der Waals surface area contributed by atoms with Gasteiger partial charge in [-0.15, -0.1) is 0 Å². The number of esters is 1. The molecule has 0 spiro atoms. The number of nitrogens with zero attached hydrogens (tertiary/aromatic N) is 2. The number of hydrogen-bond donors (Lipinski definition) is 2. The molecule has 0 atom stereocenters. The zero-order valence-corrected chi connectivity index (χ0v) is 20.9. The third-order valence-corrected chi connectivity index (χ3v) is 6.27. The lowest BCUT2D eigenvalue weighted by molar-refractivity contribution is -0.119. The van der Waals surface area contributed by atoms with E-state index in [1.54, 1.807) is 49.4 Å². The molecule has 4 rings (SSSR count).